The highest BCUT2D eigenvalue weighted by Crippen LogP contribution is 2.41. The first kappa shape index (κ1) is 18.8. The van der Waals surface area contributed by atoms with Gasteiger partial charge < -0.3 is 14.2 Å². The summed E-state index contributed by atoms with van der Waals surface area (Å²) in [4.78, 5) is 12.0. The summed E-state index contributed by atoms with van der Waals surface area (Å²) in [5.41, 5.74) is 1.52. The van der Waals surface area contributed by atoms with Crippen LogP contribution in [0.25, 0.3) is 27.8 Å². The summed E-state index contributed by atoms with van der Waals surface area (Å²) in [5.74, 6) is 0.445. The first-order valence-electron chi connectivity index (χ1n) is 8.66. The maximum Gasteiger partial charge on any atom is 0.416 e. The summed E-state index contributed by atoms with van der Waals surface area (Å²) in [5, 5.41) is 13.9. The zero-order chi connectivity index (χ0) is 20.9. The van der Waals surface area contributed by atoms with Gasteiger partial charge in [0, 0.05) is 16.6 Å². The number of aldehydes is 1. The Labute approximate surface area is 163 Å². The molecule has 5 nitrogen and oxygen atoms in total. The number of aromatic nitrogens is 2. The second-order valence-corrected chi connectivity index (χ2v) is 6.66. The van der Waals surface area contributed by atoms with Crippen molar-refractivity contribution in [3.05, 3.63) is 65.0 Å². The van der Waals surface area contributed by atoms with Crippen molar-refractivity contribution in [1.29, 1.82) is 0 Å². The van der Waals surface area contributed by atoms with Crippen LogP contribution >= 0.6 is 0 Å². The Bertz CT molecular complexity index is 1220. The molecule has 0 unspecified atom stereocenters. The van der Waals surface area contributed by atoms with Gasteiger partial charge in [-0.15, -0.1) is 0 Å². The number of halogens is 3. The van der Waals surface area contributed by atoms with E-state index in [-0.39, 0.29) is 16.8 Å². The number of rotatable bonds is 3. The van der Waals surface area contributed by atoms with E-state index < -0.39 is 11.7 Å². The molecule has 29 heavy (non-hydrogen) atoms. The molecular weight excluding hydrogens is 385 g/mol. The Morgan fingerprint density at radius 2 is 1.79 bits per heavy atom. The van der Waals surface area contributed by atoms with Crippen LogP contribution < -0.4 is 0 Å². The SMILES string of the molecule is Cc1noc(C)c1-c1c(C=O)c2ccc(C(F)(F)F)cc2n1-c1ccc(O)cc1. The number of aryl methyl sites for hydroxylation is 2. The average molecular weight is 400 g/mol. The number of hydrogen-bond acceptors (Lipinski definition) is 4. The highest BCUT2D eigenvalue weighted by atomic mass is 19.4. The van der Waals surface area contributed by atoms with Crippen LogP contribution in [0.2, 0.25) is 0 Å². The molecule has 0 atom stereocenters. The van der Waals surface area contributed by atoms with Crippen molar-refractivity contribution in [3.63, 3.8) is 0 Å². The van der Waals surface area contributed by atoms with E-state index in [9.17, 15) is 23.1 Å². The molecule has 2 heterocycles. The minimum absolute atomic E-state index is 0.00990. The molecule has 148 valence electrons. The molecule has 4 aromatic rings. The number of phenolic OH excluding ortho intramolecular Hbond substituents is 1. The summed E-state index contributed by atoms with van der Waals surface area (Å²) >= 11 is 0. The number of aromatic hydroxyl groups is 1. The lowest BCUT2D eigenvalue weighted by molar-refractivity contribution is -0.137. The number of alkyl halides is 3. The summed E-state index contributed by atoms with van der Waals surface area (Å²) in [6, 6.07) is 9.22. The highest BCUT2D eigenvalue weighted by molar-refractivity contribution is 6.06. The van der Waals surface area contributed by atoms with Crippen LogP contribution in [0.4, 0.5) is 13.2 Å². The van der Waals surface area contributed by atoms with Gasteiger partial charge in [-0.2, -0.15) is 13.2 Å². The van der Waals surface area contributed by atoms with Crippen LogP contribution in [0.3, 0.4) is 0 Å². The molecule has 0 saturated carbocycles. The zero-order valence-corrected chi connectivity index (χ0v) is 15.4. The molecule has 0 spiro atoms. The highest BCUT2D eigenvalue weighted by Gasteiger charge is 2.32. The molecule has 0 aliphatic heterocycles. The minimum Gasteiger partial charge on any atom is -0.508 e. The Morgan fingerprint density at radius 1 is 1.10 bits per heavy atom. The number of hydrogen-bond donors (Lipinski definition) is 1. The lowest BCUT2D eigenvalue weighted by Crippen LogP contribution is -2.05. The molecule has 8 heteroatoms. The van der Waals surface area contributed by atoms with Crippen LogP contribution in [0.15, 0.2) is 47.0 Å². The van der Waals surface area contributed by atoms with Crippen LogP contribution in [0.1, 0.15) is 27.4 Å². The summed E-state index contributed by atoms with van der Waals surface area (Å²) < 4.78 is 46.9. The van der Waals surface area contributed by atoms with Crippen LogP contribution in [-0.4, -0.2) is 21.1 Å². The van der Waals surface area contributed by atoms with E-state index >= 15 is 0 Å². The van der Waals surface area contributed by atoms with Crippen molar-refractivity contribution < 1.29 is 27.6 Å². The molecule has 1 N–H and O–H groups in total. The molecule has 0 aliphatic rings. The Hall–Kier alpha value is -3.55. The number of carbonyl (C=O) groups is 1. The van der Waals surface area contributed by atoms with E-state index in [0.29, 0.717) is 40.1 Å². The van der Waals surface area contributed by atoms with Gasteiger partial charge in [0.1, 0.15) is 11.5 Å². The summed E-state index contributed by atoms with van der Waals surface area (Å²) in [6.07, 6.45) is -3.92. The topological polar surface area (TPSA) is 68.3 Å². The number of carbonyl (C=O) groups excluding carboxylic acids is 1. The van der Waals surface area contributed by atoms with Gasteiger partial charge in [-0.25, -0.2) is 0 Å². The Kier molecular flexibility index (Phi) is 4.22. The summed E-state index contributed by atoms with van der Waals surface area (Å²) in [7, 11) is 0. The van der Waals surface area contributed by atoms with Gasteiger partial charge in [0.25, 0.3) is 0 Å². The molecular formula is C21H15F3N2O3. The Balaban J connectivity index is 2.19. The first-order chi connectivity index (χ1) is 13.7. The van der Waals surface area contributed by atoms with Crippen molar-refractivity contribution in [1.82, 2.24) is 9.72 Å². The molecule has 0 fully saturated rings. The molecule has 2 aromatic heterocycles. The molecule has 4 rings (SSSR count). The lowest BCUT2D eigenvalue weighted by atomic mass is 10.0. The number of nitrogens with zero attached hydrogens (tertiary/aromatic N) is 2. The summed E-state index contributed by atoms with van der Waals surface area (Å²) in [6.45, 7) is 3.37. The van der Waals surface area contributed by atoms with Crippen LogP contribution in [0.5, 0.6) is 5.75 Å². The third-order valence-corrected chi connectivity index (χ3v) is 4.83. The maximum atomic E-state index is 13.4. The number of fused-ring (bicyclic) bond motifs is 1. The number of benzene rings is 2. The predicted molar refractivity (Wildman–Crippen MR) is 100 cm³/mol. The van der Waals surface area contributed by atoms with Gasteiger partial charge >= 0.3 is 6.18 Å². The molecule has 0 bridgehead atoms. The van der Waals surface area contributed by atoms with Gasteiger partial charge in [0.2, 0.25) is 0 Å². The van der Waals surface area contributed by atoms with Crippen molar-refractivity contribution in [2.45, 2.75) is 20.0 Å². The Morgan fingerprint density at radius 3 is 2.34 bits per heavy atom. The number of phenols is 1. The molecule has 0 radical (unpaired) electrons. The van der Waals surface area contributed by atoms with Gasteiger partial charge in [-0.1, -0.05) is 11.2 Å². The fourth-order valence-electron chi connectivity index (χ4n) is 3.55. The van der Waals surface area contributed by atoms with Gasteiger partial charge in [-0.05, 0) is 50.2 Å². The second-order valence-electron chi connectivity index (χ2n) is 6.66. The lowest BCUT2D eigenvalue weighted by Gasteiger charge is -2.13. The molecule has 0 saturated heterocycles. The van der Waals surface area contributed by atoms with E-state index in [2.05, 4.69) is 5.16 Å². The predicted octanol–water partition coefficient (Wildman–Crippen LogP) is 5.44. The quantitative estimate of drug-likeness (QED) is 0.465. The largest absolute Gasteiger partial charge is 0.508 e. The van der Waals surface area contributed by atoms with Crippen LogP contribution in [0, 0.1) is 13.8 Å². The van der Waals surface area contributed by atoms with Gasteiger partial charge in [0.05, 0.1) is 28.0 Å². The zero-order valence-electron chi connectivity index (χ0n) is 15.4. The third kappa shape index (κ3) is 2.97. The normalized spacial score (nSPS) is 11.9. The van der Waals surface area contributed by atoms with Crippen molar-refractivity contribution in [3.8, 4) is 22.7 Å². The first-order valence-corrected chi connectivity index (χ1v) is 8.66. The maximum absolute atomic E-state index is 13.4. The van der Waals surface area contributed by atoms with E-state index in [1.165, 1.54) is 18.2 Å². The van der Waals surface area contributed by atoms with Crippen LogP contribution in [-0.2, 0) is 6.18 Å². The molecule has 0 amide bonds. The van der Waals surface area contributed by atoms with E-state index in [0.717, 1.165) is 12.1 Å². The fraction of sp³-hybridized carbons (Fsp3) is 0.143. The van der Waals surface area contributed by atoms with Gasteiger partial charge in [-0.3, -0.25) is 4.79 Å². The fourth-order valence-corrected chi connectivity index (χ4v) is 3.55. The van der Waals surface area contributed by atoms with E-state index in [4.69, 9.17) is 4.52 Å². The molecule has 0 aliphatic carbocycles. The van der Waals surface area contributed by atoms with E-state index in [1.807, 2.05) is 0 Å². The molecule has 2 aromatic carbocycles. The van der Waals surface area contributed by atoms with Gasteiger partial charge in [0.15, 0.2) is 6.29 Å². The van der Waals surface area contributed by atoms with Crippen molar-refractivity contribution in [2.75, 3.05) is 0 Å². The van der Waals surface area contributed by atoms with Crippen molar-refractivity contribution >= 4 is 17.2 Å². The second kappa shape index (κ2) is 6.51. The third-order valence-electron chi connectivity index (χ3n) is 4.83. The smallest absolute Gasteiger partial charge is 0.416 e. The monoisotopic (exact) mass is 400 g/mol. The standard InChI is InChI=1S/C21H15F3N2O3/c1-11-19(12(2)29-25-11)20-17(10-27)16-8-3-13(21(22,23)24)9-18(16)26(20)14-4-6-15(28)7-5-14/h3-10,28H,1-2H3. The minimum atomic E-state index is -4.54. The average Bonchev–Trinajstić information content (AvgIpc) is 3.17. The van der Waals surface area contributed by atoms with Crippen molar-refractivity contribution in [2.24, 2.45) is 0 Å². The van der Waals surface area contributed by atoms with E-state index in [1.54, 1.807) is 30.5 Å².